The van der Waals surface area contributed by atoms with Crippen LogP contribution < -0.4 is 4.74 Å². The molecule has 5 heteroatoms. The fraction of sp³-hybridized carbons (Fsp3) is 0.450. The van der Waals surface area contributed by atoms with Crippen molar-refractivity contribution >= 4 is 5.78 Å². The summed E-state index contributed by atoms with van der Waals surface area (Å²) in [5.74, 6) is -2.05. The van der Waals surface area contributed by atoms with E-state index in [0.717, 1.165) is 24.8 Å². The normalized spacial score (nSPS) is 20.6. The molecule has 0 saturated heterocycles. The number of phenols is 1. The van der Waals surface area contributed by atoms with Gasteiger partial charge in [0.25, 0.3) is 5.79 Å². The lowest BCUT2D eigenvalue weighted by molar-refractivity contribution is -0.0957. The highest BCUT2D eigenvalue weighted by molar-refractivity contribution is 6.06. The molecule has 136 valence electrons. The molecule has 1 aliphatic heterocycles. The van der Waals surface area contributed by atoms with Crippen LogP contribution in [0.4, 0.5) is 0 Å². The Balaban J connectivity index is 1.82. The number of hydrogen-bond acceptors (Lipinski definition) is 5. The van der Waals surface area contributed by atoms with Gasteiger partial charge in [0.2, 0.25) is 5.78 Å². The highest BCUT2D eigenvalue weighted by Gasteiger charge is 2.46. The van der Waals surface area contributed by atoms with Crippen molar-refractivity contribution in [1.29, 1.82) is 0 Å². The molecule has 0 fully saturated rings. The van der Waals surface area contributed by atoms with E-state index in [1.165, 1.54) is 23.8 Å². The van der Waals surface area contributed by atoms with E-state index in [0.29, 0.717) is 12.2 Å². The minimum absolute atomic E-state index is 0.0241. The number of ether oxygens (including phenoxy) is 1. The summed E-state index contributed by atoms with van der Waals surface area (Å²) >= 11 is 0. The molecule has 3 N–H and O–H groups in total. The lowest BCUT2D eigenvalue weighted by Crippen LogP contribution is -2.39. The molecule has 1 aliphatic rings. The minimum Gasteiger partial charge on any atom is -0.508 e. The van der Waals surface area contributed by atoms with Gasteiger partial charge < -0.3 is 20.1 Å². The largest absolute Gasteiger partial charge is 0.508 e. The number of Topliss-reactive ketones (excluding diaryl/α,β-unsaturated/α-hetero) is 1. The Morgan fingerprint density at radius 2 is 1.92 bits per heavy atom. The summed E-state index contributed by atoms with van der Waals surface area (Å²) in [4.78, 5) is 12.3. The van der Waals surface area contributed by atoms with Crippen LogP contribution in [-0.2, 0) is 0 Å². The highest BCUT2D eigenvalue weighted by Crippen LogP contribution is 2.38. The van der Waals surface area contributed by atoms with Gasteiger partial charge in [-0.15, -0.1) is 0 Å². The second kappa shape index (κ2) is 8.32. The molecule has 5 nitrogen and oxygen atoms in total. The molecule has 1 atom stereocenters. The summed E-state index contributed by atoms with van der Waals surface area (Å²) < 4.78 is 5.42. The lowest BCUT2D eigenvalue weighted by Gasteiger charge is -2.20. The van der Waals surface area contributed by atoms with E-state index in [4.69, 9.17) is 9.84 Å². The molecule has 25 heavy (non-hydrogen) atoms. The van der Waals surface area contributed by atoms with Gasteiger partial charge in [-0.05, 0) is 57.7 Å². The Labute approximate surface area is 148 Å². The molecule has 2 rings (SSSR count). The first-order valence-corrected chi connectivity index (χ1v) is 8.57. The third kappa shape index (κ3) is 4.94. The standard InChI is InChI=1S/C20H26O5/c1-14(7-5-8-15(2)13-21)6-3-4-11-20(24)19(23)17-12-16(22)9-10-18(17)25-20/h6,8-10,12,21-22,24H,3-5,7,11,13H2,1-2H3/b14-6+,15-8+/t20-/m0/s1. The fourth-order valence-electron chi connectivity index (χ4n) is 2.79. The molecule has 1 aromatic rings. The van der Waals surface area contributed by atoms with Gasteiger partial charge in [-0.2, -0.15) is 0 Å². The number of ketones is 1. The maximum Gasteiger partial charge on any atom is 0.272 e. The molecule has 0 saturated carbocycles. The van der Waals surface area contributed by atoms with E-state index in [1.807, 2.05) is 19.9 Å². The second-order valence-electron chi connectivity index (χ2n) is 6.59. The van der Waals surface area contributed by atoms with Crippen molar-refractivity contribution in [1.82, 2.24) is 0 Å². The predicted octanol–water partition coefficient (Wildman–Crippen LogP) is 3.49. The van der Waals surface area contributed by atoms with Crippen LogP contribution in [0, 0.1) is 0 Å². The second-order valence-corrected chi connectivity index (χ2v) is 6.59. The minimum atomic E-state index is -1.83. The number of aliphatic hydroxyl groups is 2. The van der Waals surface area contributed by atoms with Gasteiger partial charge in [0.1, 0.15) is 11.5 Å². The molecule has 0 spiro atoms. The van der Waals surface area contributed by atoms with Crippen LogP contribution in [0.25, 0.3) is 0 Å². The molecular weight excluding hydrogens is 320 g/mol. The summed E-state index contributed by atoms with van der Waals surface area (Å²) in [6, 6.07) is 4.24. The van der Waals surface area contributed by atoms with Gasteiger partial charge in [-0.25, -0.2) is 0 Å². The zero-order chi connectivity index (χ0) is 18.4. The SMILES string of the molecule is C/C(=C\CC/C(C)=C/CCC[C@]1(O)Oc2ccc(O)cc2C1=O)CO. The average Bonchev–Trinajstić information content (AvgIpc) is 2.83. The number of phenolic OH excluding ortho intramolecular Hbond substituents is 1. The number of fused-ring (bicyclic) bond motifs is 1. The summed E-state index contributed by atoms with van der Waals surface area (Å²) in [6.45, 7) is 4.04. The van der Waals surface area contributed by atoms with Gasteiger partial charge in [-0.3, -0.25) is 4.79 Å². The van der Waals surface area contributed by atoms with Crippen molar-refractivity contribution in [3.8, 4) is 11.5 Å². The van der Waals surface area contributed by atoms with E-state index < -0.39 is 11.6 Å². The molecule has 1 heterocycles. The Hall–Kier alpha value is -2.11. The molecule has 0 aliphatic carbocycles. The lowest BCUT2D eigenvalue weighted by atomic mass is 10.00. The van der Waals surface area contributed by atoms with Crippen LogP contribution in [0.1, 0.15) is 56.3 Å². The summed E-state index contributed by atoms with van der Waals surface area (Å²) in [6.07, 6.45) is 7.50. The first-order chi connectivity index (χ1) is 11.9. The molecule has 0 amide bonds. The fourth-order valence-corrected chi connectivity index (χ4v) is 2.79. The quantitative estimate of drug-likeness (QED) is 0.495. The first kappa shape index (κ1) is 19.2. The number of allylic oxidation sites excluding steroid dienone is 3. The van der Waals surface area contributed by atoms with Crippen LogP contribution >= 0.6 is 0 Å². The zero-order valence-electron chi connectivity index (χ0n) is 14.8. The monoisotopic (exact) mass is 346 g/mol. The predicted molar refractivity (Wildman–Crippen MR) is 95.7 cm³/mol. The number of aliphatic hydroxyl groups excluding tert-OH is 1. The van der Waals surface area contributed by atoms with Crippen LogP contribution in [0.3, 0.4) is 0 Å². The zero-order valence-corrected chi connectivity index (χ0v) is 14.8. The third-order valence-electron chi connectivity index (χ3n) is 4.33. The van der Waals surface area contributed by atoms with Gasteiger partial charge in [0, 0.05) is 6.42 Å². The number of aromatic hydroxyl groups is 1. The maximum absolute atomic E-state index is 12.3. The van der Waals surface area contributed by atoms with Crippen LogP contribution in [0.15, 0.2) is 41.5 Å². The van der Waals surface area contributed by atoms with Crippen molar-refractivity contribution in [2.24, 2.45) is 0 Å². The first-order valence-electron chi connectivity index (χ1n) is 8.57. The summed E-state index contributed by atoms with van der Waals surface area (Å²) in [5.41, 5.74) is 2.43. The number of benzene rings is 1. The van der Waals surface area contributed by atoms with E-state index in [2.05, 4.69) is 6.08 Å². The van der Waals surface area contributed by atoms with Crippen molar-refractivity contribution in [3.05, 3.63) is 47.1 Å². The van der Waals surface area contributed by atoms with Gasteiger partial charge in [0.05, 0.1) is 12.2 Å². The maximum atomic E-state index is 12.3. The molecular formula is C20H26O5. The van der Waals surface area contributed by atoms with Crippen molar-refractivity contribution < 1.29 is 24.9 Å². The average molecular weight is 346 g/mol. The smallest absolute Gasteiger partial charge is 0.272 e. The molecule has 1 aromatic carbocycles. The topological polar surface area (TPSA) is 87.0 Å². The summed E-state index contributed by atoms with van der Waals surface area (Å²) in [7, 11) is 0. The Bertz CT molecular complexity index is 689. The van der Waals surface area contributed by atoms with Crippen LogP contribution in [0.2, 0.25) is 0 Å². The molecule has 0 radical (unpaired) electrons. The van der Waals surface area contributed by atoms with Crippen LogP contribution in [-0.4, -0.2) is 33.5 Å². The molecule has 0 bridgehead atoms. The van der Waals surface area contributed by atoms with Crippen molar-refractivity contribution in [3.63, 3.8) is 0 Å². The van der Waals surface area contributed by atoms with Gasteiger partial charge in [-0.1, -0.05) is 23.3 Å². The molecule has 0 unspecified atom stereocenters. The van der Waals surface area contributed by atoms with Crippen molar-refractivity contribution in [2.75, 3.05) is 6.61 Å². The summed E-state index contributed by atoms with van der Waals surface area (Å²) in [5, 5.41) is 28.9. The number of hydrogen-bond donors (Lipinski definition) is 3. The molecule has 0 aromatic heterocycles. The van der Waals surface area contributed by atoms with Gasteiger partial charge in [0.15, 0.2) is 0 Å². The van der Waals surface area contributed by atoms with Crippen LogP contribution in [0.5, 0.6) is 11.5 Å². The third-order valence-corrected chi connectivity index (χ3v) is 4.33. The van der Waals surface area contributed by atoms with Gasteiger partial charge >= 0.3 is 0 Å². The number of carbonyl (C=O) groups excluding carboxylic acids is 1. The Kier molecular flexibility index (Phi) is 6.39. The van der Waals surface area contributed by atoms with E-state index in [9.17, 15) is 15.0 Å². The van der Waals surface area contributed by atoms with E-state index >= 15 is 0 Å². The number of unbranched alkanes of at least 4 members (excludes halogenated alkanes) is 1. The Morgan fingerprint density at radius 3 is 2.64 bits per heavy atom. The van der Waals surface area contributed by atoms with Crippen molar-refractivity contribution in [2.45, 2.75) is 51.7 Å². The van der Waals surface area contributed by atoms with E-state index in [1.54, 1.807) is 0 Å². The number of rotatable bonds is 8. The van der Waals surface area contributed by atoms with E-state index in [-0.39, 0.29) is 24.3 Å². The Morgan fingerprint density at radius 1 is 1.20 bits per heavy atom. The highest BCUT2D eigenvalue weighted by atomic mass is 16.6. The number of carbonyl (C=O) groups is 1.